The van der Waals surface area contributed by atoms with Gasteiger partial charge in [0.2, 0.25) is 0 Å². The molecular weight excluding hydrogens is 868 g/mol. The van der Waals surface area contributed by atoms with Crippen LogP contribution in [-0.2, 0) is 26.5 Å². The Balaban J connectivity index is 0.00000427. The summed E-state index contributed by atoms with van der Waals surface area (Å²) in [5.41, 5.74) is 7.35. The molecule has 4 nitrogen and oxygen atoms in total. The first kappa shape index (κ1) is 36.4. The molecule has 0 atom stereocenters. The molecule has 3 aromatic heterocycles. The van der Waals surface area contributed by atoms with E-state index in [0.29, 0.717) is 0 Å². The molecule has 0 unspecified atom stereocenters. The molecular formula is C49H40N4PtSi. The van der Waals surface area contributed by atoms with Crippen molar-refractivity contribution in [3.63, 3.8) is 0 Å². The van der Waals surface area contributed by atoms with Gasteiger partial charge in [0, 0.05) is 22.8 Å². The second kappa shape index (κ2) is 14.6. The first-order chi connectivity index (χ1) is 26.4. The van der Waals surface area contributed by atoms with Gasteiger partial charge in [-0.05, 0) is 70.7 Å². The molecule has 0 fully saturated rings. The molecule has 0 saturated carbocycles. The predicted molar refractivity (Wildman–Crippen MR) is 225 cm³/mol. The maximum Gasteiger partial charge on any atom is 2.00 e. The third-order valence-electron chi connectivity index (χ3n) is 11.0. The predicted octanol–water partition coefficient (Wildman–Crippen LogP) is 8.28. The van der Waals surface area contributed by atoms with Crippen molar-refractivity contribution in [3.8, 4) is 11.5 Å². The SMILES string of the molecule is Cc1cc(C)n(-c2[c-]c([Si](c3[c-]c4c(cc3)c3ccccc3n4-c3cc(C(C)(C)c4ccccc4)ccn3)(c3ccccc3)c3ccccc3)ccc2)n1.[Pt+2]. The molecule has 0 bridgehead atoms. The third-order valence-corrected chi connectivity index (χ3v) is 15.6. The summed E-state index contributed by atoms with van der Waals surface area (Å²) >= 11 is 0. The van der Waals surface area contributed by atoms with Crippen molar-refractivity contribution in [1.29, 1.82) is 0 Å². The molecule has 0 aliphatic rings. The van der Waals surface area contributed by atoms with Gasteiger partial charge in [0.05, 0.1) is 5.69 Å². The molecule has 0 spiro atoms. The Kier molecular flexibility index (Phi) is 9.63. The zero-order chi connectivity index (χ0) is 36.9. The van der Waals surface area contributed by atoms with Crippen molar-refractivity contribution >= 4 is 50.6 Å². The van der Waals surface area contributed by atoms with E-state index in [1.165, 1.54) is 26.9 Å². The van der Waals surface area contributed by atoms with Crippen LogP contribution in [0, 0.1) is 26.0 Å². The number of aromatic nitrogens is 4. The first-order valence-electron chi connectivity index (χ1n) is 18.5. The summed E-state index contributed by atoms with van der Waals surface area (Å²) in [6.07, 6.45) is 1.95. The molecule has 0 amide bonds. The summed E-state index contributed by atoms with van der Waals surface area (Å²) in [5, 5.41) is 12.0. The maximum atomic E-state index is 5.05. The molecule has 9 aromatic rings. The number of rotatable bonds is 8. The van der Waals surface area contributed by atoms with Crippen molar-refractivity contribution in [3.05, 3.63) is 205 Å². The topological polar surface area (TPSA) is 35.6 Å². The molecule has 55 heavy (non-hydrogen) atoms. The van der Waals surface area contributed by atoms with Gasteiger partial charge in [0.25, 0.3) is 0 Å². The Hall–Kier alpha value is -5.61. The van der Waals surface area contributed by atoms with Crippen LogP contribution in [0.15, 0.2) is 170 Å². The van der Waals surface area contributed by atoms with E-state index >= 15 is 0 Å². The molecule has 9 rings (SSSR count). The smallest absolute Gasteiger partial charge is 0.319 e. The molecule has 0 N–H and O–H groups in total. The minimum atomic E-state index is -3.04. The van der Waals surface area contributed by atoms with Crippen LogP contribution in [0.5, 0.6) is 0 Å². The van der Waals surface area contributed by atoms with Crippen LogP contribution >= 0.6 is 0 Å². The molecule has 270 valence electrons. The Labute approximate surface area is 338 Å². The van der Waals surface area contributed by atoms with Crippen molar-refractivity contribution < 1.29 is 21.1 Å². The van der Waals surface area contributed by atoms with Crippen LogP contribution in [0.4, 0.5) is 0 Å². The van der Waals surface area contributed by atoms with Gasteiger partial charge in [-0.1, -0.05) is 129 Å². The molecule has 0 saturated heterocycles. The van der Waals surface area contributed by atoms with Gasteiger partial charge in [-0.15, -0.1) is 11.5 Å². The summed E-state index contributed by atoms with van der Waals surface area (Å²) < 4.78 is 4.32. The van der Waals surface area contributed by atoms with E-state index in [1.807, 2.05) is 17.8 Å². The second-order valence-electron chi connectivity index (χ2n) is 14.7. The Morgan fingerprint density at radius 3 is 1.89 bits per heavy atom. The fraction of sp³-hybridized carbons (Fsp3) is 0.102. The van der Waals surface area contributed by atoms with Crippen LogP contribution in [0.2, 0.25) is 0 Å². The normalized spacial score (nSPS) is 11.9. The van der Waals surface area contributed by atoms with Gasteiger partial charge < -0.3 is 4.57 Å². The van der Waals surface area contributed by atoms with E-state index in [1.54, 1.807) is 0 Å². The fourth-order valence-electron chi connectivity index (χ4n) is 8.28. The van der Waals surface area contributed by atoms with E-state index in [9.17, 15) is 0 Å². The van der Waals surface area contributed by atoms with Crippen LogP contribution in [0.25, 0.3) is 33.3 Å². The summed E-state index contributed by atoms with van der Waals surface area (Å²) in [6, 6.07) is 67.1. The summed E-state index contributed by atoms with van der Waals surface area (Å²) in [6.45, 7) is 8.71. The Morgan fingerprint density at radius 1 is 0.582 bits per heavy atom. The van der Waals surface area contributed by atoms with E-state index in [2.05, 4.69) is 201 Å². The number of fused-ring (bicyclic) bond motifs is 3. The number of aryl methyl sites for hydroxylation is 2. The van der Waals surface area contributed by atoms with Gasteiger partial charge >= 0.3 is 21.1 Å². The standard InChI is InChI=1S/C49H40N4Si.Pt/c1-35-31-36(2)53(51-35)39-19-16-24-42(33-39)54(40-20-10-6-11-21-40,41-22-12-7-13-23-41)43-27-28-45-44-25-14-15-26-46(44)52(47(45)34-43)48-32-38(29-30-50-48)49(3,4)37-17-8-5-9-18-37;/h5-32H,1-4H3;/q-2;+2. The molecule has 0 aliphatic heterocycles. The summed E-state index contributed by atoms with van der Waals surface area (Å²) in [5.74, 6) is 0.876. The zero-order valence-corrected chi connectivity index (χ0v) is 34.5. The molecule has 6 aromatic carbocycles. The van der Waals surface area contributed by atoms with E-state index < -0.39 is 8.07 Å². The van der Waals surface area contributed by atoms with Crippen molar-refractivity contribution in [2.45, 2.75) is 33.1 Å². The van der Waals surface area contributed by atoms with E-state index in [0.717, 1.165) is 49.7 Å². The monoisotopic (exact) mass is 907 g/mol. The van der Waals surface area contributed by atoms with Crippen LogP contribution < -0.4 is 20.7 Å². The zero-order valence-electron chi connectivity index (χ0n) is 31.3. The van der Waals surface area contributed by atoms with Crippen molar-refractivity contribution in [2.24, 2.45) is 0 Å². The molecule has 0 aliphatic carbocycles. The maximum absolute atomic E-state index is 5.05. The van der Waals surface area contributed by atoms with E-state index in [-0.39, 0.29) is 26.5 Å². The minimum Gasteiger partial charge on any atom is -0.319 e. The van der Waals surface area contributed by atoms with Crippen LogP contribution in [0.1, 0.15) is 36.4 Å². The molecule has 0 radical (unpaired) electrons. The minimum absolute atomic E-state index is 0. The quantitative estimate of drug-likeness (QED) is 0.0875. The second-order valence-corrected chi connectivity index (χ2v) is 18.4. The van der Waals surface area contributed by atoms with Crippen molar-refractivity contribution in [1.82, 2.24) is 19.3 Å². The molecule has 3 heterocycles. The summed E-state index contributed by atoms with van der Waals surface area (Å²) in [7, 11) is -3.04. The average Bonchev–Trinajstić information content (AvgIpc) is 3.74. The van der Waals surface area contributed by atoms with Crippen molar-refractivity contribution in [2.75, 3.05) is 0 Å². The number of nitrogens with zero attached hydrogens (tertiary/aromatic N) is 4. The molecule has 6 heteroatoms. The number of pyridine rings is 1. The van der Waals surface area contributed by atoms with Gasteiger partial charge in [-0.3, -0.25) is 4.68 Å². The van der Waals surface area contributed by atoms with Gasteiger partial charge in [-0.2, -0.15) is 51.9 Å². The third kappa shape index (κ3) is 6.12. The van der Waals surface area contributed by atoms with Gasteiger partial charge in [-0.25, -0.2) is 4.98 Å². The first-order valence-corrected chi connectivity index (χ1v) is 20.5. The van der Waals surface area contributed by atoms with Gasteiger partial charge in [0.15, 0.2) is 0 Å². The van der Waals surface area contributed by atoms with E-state index in [4.69, 9.17) is 10.1 Å². The summed E-state index contributed by atoms with van der Waals surface area (Å²) in [4.78, 5) is 5.05. The van der Waals surface area contributed by atoms with Gasteiger partial charge in [0.1, 0.15) is 13.9 Å². The average molecular weight is 908 g/mol. The number of benzene rings is 6. The van der Waals surface area contributed by atoms with Crippen LogP contribution in [0.3, 0.4) is 0 Å². The Bertz CT molecular complexity index is 2730. The van der Waals surface area contributed by atoms with Crippen LogP contribution in [-0.4, -0.2) is 27.4 Å². The largest absolute Gasteiger partial charge is 2.00 e. The fourth-order valence-corrected chi connectivity index (χ4v) is 12.8. The Morgan fingerprint density at radius 2 is 1.22 bits per heavy atom. The number of hydrogen-bond acceptors (Lipinski definition) is 2. The number of para-hydroxylation sites is 1. The number of hydrogen-bond donors (Lipinski definition) is 0.